The number of rotatable bonds is 5. The van der Waals surface area contributed by atoms with Crippen molar-refractivity contribution in [2.24, 2.45) is 11.8 Å². The van der Waals surface area contributed by atoms with Gasteiger partial charge in [0.25, 0.3) is 5.91 Å². The van der Waals surface area contributed by atoms with Crippen LogP contribution in [-0.4, -0.2) is 29.5 Å². The summed E-state index contributed by atoms with van der Waals surface area (Å²) in [5, 5.41) is 9.20. The topological polar surface area (TPSA) is 105 Å². The van der Waals surface area contributed by atoms with Crippen molar-refractivity contribution in [3.05, 3.63) is 27.1 Å². The summed E-state index contributed by atoms with van der Waals surface area (Å²) in [6, 6.07) is 5.25. The van der Waals surface area contributed by atoms with Crippen LogP contribution in [0.15, 0.2) is 27.1 Å². The van der Waals surface area contributed by atoms with Crippen LogP contribution in [0.2, 0.25) is 0 Å². The van der Waals surface area contributed by atoms with Crippen LogP contribution < -0.4 is 15.6 Å². The third kappa shape index (κ3) is 5.71. The highest BCUT2D eigenvalue weighted by molar-refractivity contribution is 9.11. The van der Waals surface area contributed by atoms with Crippen LogP contribution in [0.25, 0.3) is 0 Å². The van der Waals surface area contributed by atoms with E-state index in [1.807, 2.05) is 0 Å². The van der Waals surface area contributed by atoms with Gasteiger partial charge in [-0.25, -0.2) is 0 Å². The van der Waals surface area contributed by atoms with Gasteiger partial charge in [-0.1, -0.05) is 28.8 Å². The minimum Gasteiger partial charge on any atom is -0.483 e. The zero-order valence-corrected chi connectivity index (χ0v) is 16.4. The van der Waals surface area contributed by atoms with Crippen molar-refractivity contribution in [1.82, 2.24) is 10.9 Å². The van der Waals surface area contributed by atoms with Gasteiger partial charge in [0.15, 0.2) is 6.61 Å². The lowest BCUT2D eigenvalue weighted by molar-refractivity contribution is -0.149. The zero-order valence-electron chi connectivity index (χ0n) is 13.3. The molecule has 1 fully saturated rings. The Bertz CT molecular complexity index is 668. The van der Waals surface area contributed by atoms with Gasteiger partial charge in [0.2, 0.25) is 5.91 Å². The van der Waals surface area contributed by atoms with E-state index in [-0.39, 0.29) is 6.61 Å². The van der Waals surface area contributed by atoms with Crippen molar-refractivity contribution in [3.8, 4) is 5.75 Å². The smallest absolute Gasteiger partial charge is 0.307 e. The summed E-state index contributed by atoms with van der Waals surface area (Å²) < 4.78 is 6.92. The normalized spacial score (nSPS) is 19.8. The summed E-state index contributed by atoms with van der Waals surface area (Å²) in [6.45, 7) is -0.284. The fraction of sp³-hybridized carbons (Fsp3) is 0.438. The van der Waals surface area contributed by atoms with Crippen LogP contribution in [-0.2, 0) is 14.4 Å². The quantitative estimate of drug-likeness (QED) is 0.565. The molecule has 1 aromatic rings. The molecule has 0 aliphatic heterocycles. The molecule has 0 radical (unpaired) electrons. The lowest BCUT2D eigenvalue weighted by atomic mass is 9.79. The number of aliphatic carboxylic acids is 1. The highest BCUT2D eigenvalue weighted by Gasteiger charge is 2.35. The van der Waals surface area contributed by atoms with Crippen LogP contribution >= 0.6 is 31.9 Å². The average Bonchev–Trinajstić information content (AvgIpc) is 2.58. The van der Waals surface area contributed by atoms with Gasteiger partial charge in [-0.3, -0.25) is 25.2 Å². The molecule has 2 atom stereocenters. The molecule has 0 unspecified atom stereocenters. The van der Waals surface area contributed by atoms with Gasteiger partial charge in [0, 0.05) is 4.47 Å². The second-order valence-corrected chi connectivity index (χ2v) is 7.51. The Morgan fingerprint density at radius 2 is 1.80 bits per heavy atom. The third-order valence-corrected chi connectivity index (χ3v) is 5.11. The first-order chi connectivity index (χ1) is 11.9. The van der Waals surface area contributed by atoms with Gasteiger partial charge < -0.3 is 9.84 Å². The number of amides is 2. The SMILES string of the molecule is O=C(COc1ccc(Br)cc1Br)NNC(=O)[C@H]1CCCC[C@H]1C(=O)O. The summed E-state index contributed by atoms with van der Waals surface area (Å²) in [7, 11) is 0. The van der Waals surface area contributed by atoms with Crippen LogP contribution in [0.4, 0.5) is 0 Å². The lowest BCUT2D eigenvalue weighted by Gasteiger charge is -2.27. The highest BCUT2D eigenvalue weighted by Crippen LogP contribution is 2.30. The van der Waals surface area contributed by atoms with Gasteiger partial charge in [0.1, 0.15) is 5.75 Å². The van der Waals surface area contributed by atoms with Crippen molar-refractivity contribution in [2.75, 3.05) is 6.61 Å². The van der Waals surface area contributed by atoms with E-state index >= 15 is 0 Å². The number of hydrogen-bond donors (Lipinski definition) is 3. The van der Waals surface area contributed by atoms with Crippen molar-refractivity contribution in [2.45, 2.75) is 25.7 Å². The Kier molecular flexibility index (Phi) is 7.24. The first kappa shape index (κ1) is 19.7. The van der Waals surface area contributed by atoms with E-state index in [0.717, 1.165) is 17.3 Å². The van der Waals surface area contributed by atoms with E-state index in [1.54, 1.807) is 18.2 Å². The highest BCUT2D eigenvalue weighted by atomic mass is 79.9. The molecule has 7 nitrogen and oxygen atoms in total. The molecule has 1 saturated carbocycles. The standard InChI is InChI=1S/C16H18Br2N2O5/c17-9-5-6-13(12(18)7-9)25-8-14(21)19-20-15(22)10-3-1-2-4-11(10)16(23)24/h5-7,10-11H,1-4,8H2,(H,19,21)(H,20,22)(H,23,24)/t10-,11+/m0/s1. The second kappa shape index (κ2) is 9.19. The Labute approximate surface area is 161 Å². The third-order valence-electron chi connectivity index (χ3n) is 4.00. The number of carbonyl (C=O) groups is 3. The number of halogens is 2. The molecule has 2 amide bonds. The molecular weight excluding hydrogens is 460 g/mol. The van der Waals surface area contributed by atoms with Crippen molar-refractivity contribution in [3.63, 3.8) is 0 Å². The van der Waals surface area contributed by atoms with Crippen molar-refractivity contribution < 1.29 is 24.2 Å². The Balaban J connectivity index is 1.80. The molecule has 9 heteroatoms. The molecule has 1 aliphatic carbocycles. The minimum atomic E-state index is -0.977. The summed E-state index contributed by atoms with van der Waals surface area (Å²) in [4.78, 5) is 35.2. The molecule has 0 heterocycles. The van der Waals surface area contributed by atoms with Gasteiger partial charge in [-0.15, -0.1) is 0 Å². The van der Waals surface area contributed by atoms with Gasteiger partial charge >= 0.3 is 5.97 Å². The number of hydrazine groups is 1. The van der Waals surface area contributed by atoms with E-state index in [2.05, 4.69) is 42.7 Å². The van der Waals surface area contributed by atoms with Crippen LogP contribution in [0.1, 0.15) is 25.7 Å². The lowest BCUT2D eigenvalue weighted by Crippen LogP contribution is -2.49. The van der Waals surface area contributed by atoms with Crippen molar-refractivity contribution >= 4 is 49.6 Å². The fourth-order valence-electron chi connectivity index (χ4n) is 2.74. The summed E-state index contributed by atoms with van der Waals surface area (Å²) in [5.74, 6) is -2.85. The molecule has 0 aromatic heterocycles. The predicted molar refractivity (Wildman–Crippen MR) is 96.7 cm³/mol. The molecule has 0 saturated heterocycles. The second-order valence-electron chi connectivity index (χ2n) is 5.74. The molecule has 2 rings (SSSR count). The van der Waals surface area contributed by atoms with Gasteiger partial charge in [-0.2, -0.15) is 0 Å². The maximum Gasteiger partial charge on any atom is 0.307 e. The molecule has 3 N–H and O–H groups in total. The molecular formula is C16H18Br2N2O5. The monoisotopic (exact) mass is 476 g/mol. The predicted octanol–water partition coefficient (Wildman–Crippen LogP) is 2.63. The number of nitrogens with one attached hydrogen (secondary N) is 2. The Morgan fingerprint density at radius 3 is 2.44 bits per heavy atom. The maximum atomic E-state index is 12.1. The molecule has 0 bridgehead atoms. The Hall–Kier alpha value is -1.61. The number of carbonyl (C=O) groups excluding carboxylic acids is 2. The van der Waals surface area contributed by atoms with Crippen LogP contribution in [0.5, 0.6) is 5.75 Å². The van der Waals surface area contributed by atoms with E-state index in [0.29, 0.717) is 23.1 Å². The van der Waals surface area contributed by atoms with Gasteiger partial charge in [0.05, 0.1) is 16.3 Å². The number of carboxylic acid groups (broad SMARTS) is 1. The average molecular weight is 478 g/mol. The van der Waals surface area contributed by atoms with Crippen molar-refractivity contribution in [1.29, 1.82) is 0 Å². The zero-order chi connectivity index (χ0) is 18.4. The van der Waals surface area contributed by atoms with E-state index in [9.17, 15) is 19.5 Å². The number of ether oxygens (including phenoxy) is 1. The first-order valence-electron chi connectivity index (χ1n) is 7.78. The van der Waals surface area contributed by atoms with Gasteiger partial charge in [-0.05, 0) is 47.0 Å². The largest absolute Gasteiger partial charge is 0.483 e. The fourth-order valence-corrected chi connectivity index (χ4v) is 3.90. The number of benzene rings is 1. The van der Waals surface area contributed by atoms with E-state index in [1.165, 1.54) is 0 Å². The van der Waals surface area contributed by atoms with E-state index < -0.39 is 29.6 Å². The first-order valence-corrected chi connectivity index (χ1v) is 9.36. The summed E-state index contributed by atoms with van der Waals surface area (Å²) >= 11 is 6.64. The molecule has 0 spiro atoms. The Morgan fingerprint density at radius 1 is 1.12 bits per heavy atom. The van der Waals surface area contributed by atoms with Crippen LogP contribution in [0, 0.1) is 11.8 Å². The summed E-state index contributed by atoms with van der Waals surface area (Å²) in [5.41, 5.74) is 4.56. The number of carboxylic acids is 1. The molecule has 136 valence electrons. The number of hydrogen-bond acceptors (Lipinski definition) is 4. The molecule has 1 aromatic carbocycles. The molecule has 25 heavy (non-hydrogen) atoms. The van der Waals surface area contributed by atoms with E-state index in [4.69, 9.17) is 4.74 Å². The van der Waals surface area contributed by atoms with Crippen LogP contribution in [0.3, 0.4) is 0 Å². The molecule has 1 aliphatic rings. The minimum absolute atomic E-state index is 0.284. The maximum absolute atomic E-state index is 12.1. The summed E-state index contributed by atoms with van der Waals surface area (Å²) in [6.07, 6.45) is 2.57.